The summed E-state index contributed by atoms with van der Waals surface area (Å²) >= 11 is 0. The molecule has 0 aromatic rings. The average molecular weight is 275 g/mol. The molecule has 2 fully saturated rings. The number of likely N-dealkylation sites (tertiary alicyclic amines) is 1. The fourth-order valence-corrected chi connectivity index (χ4v) is 3.15. The average Bonchev–Trinajstić information content (AvgIpc) is 2.30. The van der Waals surface area contributed by atoms with Gasteiger partial charge in [0.1, 0.15) is 0 Å². The summed E-state index contributed by atoms with van der Waals surface area (Å²) in [5, 5.41) is 3.26. The summed E-state index contributed by atoms with van der Waals surface area (Å²) in [4.78, 5) is 14.3. The highest BCUT2D eigenvalue weighted by Crippen LogP contribution is 2.27. The van der Waals surface area contributed by atoms with Crippen molar-refractivity contribution in [3.63, 3.8) is 0 Å². The number of nitrogens with one attached hydrogen (secondary N) is 1. The molecule has 0 radical (unpaired) electrons. The van der Waals surface area contributed by atoms with Crippen LogP contribution < -0.4 is 5.32 Å². The number of nitrogens with zero attached hydrogens (tertiary/aromatic N) is 1. The standard InChI is InChI=1S/C14H26N2O.ClH/c1-14(8-4-2-5-9-14)15-13(17)12-16-10-6-3-7-11-16;/h2-12H2,1H3,(H,15,17);1H. The SMILES string of the molecule is CC1(NC(=O)CN2CCCCC2)CCCCC1.Cl. The van der Waals surface area contributed by atoms with Crippen LogP contribution in [0.5, 0.6) is 0 Å². The van der Waals surface area contributed by atoms with Crippen LogP contribution in [0.1, 0.15) is 58.3 Å². The molecule has 106 valence electrons. The maximum Gasteiger partial charge on any atom is 0.234 e. The Kier molecular flexibility index (Phi) is 6.44. The third-order valence-corrected chi connectivity index (χ3v) is 4.21. The molecule has 1 N–H and O–H groups in total. The zero-order valence-electron chi connectivity index (χ0n) is 11.5. The Morgan fingerprint density at radius 1 is 1.06 bits per heavy atom. The minimum absolute atomic E-state index is 0. The lowest BCUT2D eigenvalue weighted by Gasteiger charge is -2.35. The van der Waals surface area contributed by atoms with Crippen molar-refractivity contribution in [2.75, 3.05) is 19.6 Å². The number of amides is 1. The molecule has 0 bridgehead atoms. The van der Waals surface area contributed by atoms with Crippen LogP contribution >= 0.6 is 12.4 Å². The van der Waals surface area contributed by atoms with Gasteiger partial charge in [-0.3, -0.25) is 9.69 Å². The molecule has 1 aliphatic heterocycles. The van der Waals surface area contributed by atoms with Gasteiger partial charge in [0.25, 0.3) is 0 Å². The van der Waals surface area contributed by atoms with Crippen molar-refractivity contribution in [3.05, 3.63) is 0 Å². The van der Waals surface area contributed by atoms with Crippen molar-refractivity contribution in [1.29, 1.82) is 0 Å². The molecule has 1 heterocycles. The Hall–Kier alpha value is -0.280. The van der Waals surface area contributed by atoms with E-state index >= 15 is 0 Å². The van der Waals surface area contributed by atoms with E-state index < -0.39 is 0 Å². The monoisotopic (exact) mass is 274 g/mol. The molecule has 1 aliphatic carbocycles. The molecule has 4 heteroatoms. The Morgan fingerprint density at radius 3 is 2.22 bits per heavy atom. The highest BCUT2D eigenvalue weighted by molar-refractivity contribution is 5.85. The second-order valence-electron chi connectivity index (χ2n) is 6.01. The van der Waals surface area contributed by atoms with Gasteiger partial charge in [-0.2, -0.15) is 0 Å². The quantitative estimate of drug-likeness (QED) is 0.858. The maximum absolute atomic E-state index is 12.0. The first-order chi connectivity index (χ1) is 8.18. The summed E-state index contributed by atoms with van der Waals surface area (Å²) in [7, 11) is 0. The minimum atomic E-state index is 0. The number of piperidine rings is 1. The summed E-state index contributed by atoms with van der Waals surface area (Å²) in [5.74, 6) is 0.233. The molecule has 1 amide bonds. The van der Waals surface area contributed by atoms with E-state index in [2.05, 4.69) is 17.1 Å². The van der Waals surface area contributed by atoms with Crippen molar-refractivity contribution in [2.24, 2.45) is 0 Å². The summed E-state index contributed by atoms with van der Waals surface area (Å²) < 4.78 is 0. The Bertz CT molecular complexity index is 259. The minimum Gasteiger partial charge on any atom is -0.350 e. The van der Waals surface area contributed by atoms with Gasteiger partial charge in [0.15, 0.2) is 0 Å². The van der Waals surface area contributed by atoms with Gasteiger partial charge in [-0.25, -0.2) is 0 Å². The van der Waals surface area contributed by atoms with Crippen LogP contribution in [-0.4, -0.2) is 36.0 Å². The molecule has 2 aliphatic rings. The molecule has 18 heavy (non-hydrogen) atoms. The van der Waals surface area contributed by atoms with Crippen LogP contribution in [-0.2, 0) is 4.79 Å². The molecule has 3 nitrogen and oxygen atoms in total. The number of rotatable bonds is 3. The van der Waals surface area contributed by atoms with Gasteiger partial charge in [0.05, 0.1) is 6.54 Å². The lowest BCUT2D eigenvalue weighted by Crippen LogP contribution is -2.51. The van der Waals surface area contributed by atoms with Gasteiger partial charge in [-0.05, 0) is 45.7 Å². The van der Waals surface area contributed by atoms with Crippen LogP contribution in [0.3, 0.4) is 0 Å². The van der Waals surface area contributed by atoms with E-state index in [1.807, 2.05) is 0 Å². The number of carbonyl (C=O) groups excluding carboxylic acids is 1. The maximum atomic E-state index is 12.0. The Labute approximate surface area is 117 Å². The van der Waals surface area contributed by atoms with Gasteiger partial charge in [-0.15, -0.1) is 12.4 Å². The van der Waals surface area contributed by atoms with Crippen molar-refractivity contribution in [1.82, 2.24) is 10.2 Å². The van der Waals surface area contributed by atoms with Gasteiger partial charge in [0, 0.05) is 5.54 Å². The van der Waals surface area contributed by atoms with Gasteiger partial charge < -0.3 is 5.32 Å². The normalized spacial score (nSPS) is 24.1. The predicted octanol–water partition coefficient (Wildman–Crippen LogP) is 2.73. The van der Waals surface area contributed by atoms with Crippen LogP contribution in [0.4, 0.5) is 0 Å². The van der Waals surface area contributed by atoms with E-state index in [9.17, 15) is 4.79 Å². The van der Waals surface area contributed by atoms with Crippen LogP contribution in [0.2, 0.25) is 0 Å². The third kappa shape index (κ3) is 4.77. The van der Waals surface area contributed by atoms with E-state index in [0.29, 0.717) is 6.54 Å². The molecule has 0 aromatic heterocycles. The smallest absolute Gasteiger partial charge is 0.234 e. The Balaban J connectivity index is 0.00000162. The summed E-state index contributed by atoms with van der Waals surface area (Å²) in [6.45, 7) is 5.02. The predicted molar refractivity (Wildman–Crippen MR) is 77.2 cm³/mol. The lowest BCUT2D eigenvalue weighted by molar-refractivity contribution is -0.124. The summed E-state index contributed by atoms with van der Waals surface area (Å²) in [6, 6.07) is 0. The van der Waals surface area contributed by atoms with E-state index in [1.54, 1.807) is 0 Å². The molecule has 0 spiro atoms. The molecule has 0 unspecified atom stereocenters. The van der Waals surface area contributed by atoms with Gasteiger partial charge in [0.2, 0.25) is 5.91 Å². The highest BCUT2D eigenvalue weighted by atomic mass is 35.5. The summed E-state index contributed by atoms with van der Waals surface area (Å²) in [6.07, 6.45) is 10.0. The van der Waals surface area contributed by atoms with Crippen LogP contribution in [0.15, 0.2) is 0 Å². The molecule has 2 rings (SSSR count). The van der Waals surface area contributed by atoms with E-state index in [0.717, 1.165) is 25.9 Å². The molecule has 0 aromatic carbocycles. The Morgan fingerprint density at radius 2 is 1.61 bits per heavy atom. The fraction of sp³-hybridized carbons (Fsp3) is 0.929. The van der Waals surface area contributed by atoms with Crippen molar-refractivity contribution in [3.8, 4) is 0 Å². The molecular weight excluding hydrogens is 248 g/mol. The zero-order valence-corrected chi connectivity index (χ0v) is 12.4. The second kappa shape index (κ2) is 7.34. The largest absolute Gasteiger partial charge is 0.350 e. The molecule has 1 saturated carbocycles. The van der Waals surface area contributed by atoms with Gasteiger partial charge >= 0.3 is 0 Å². The third-order valence-electron chi connectivity index (χ3n) is 4.21. The first-order valence-electron chi connectivity index (χ1n) is 7.21. The van der Waals surface area contributed by atoms with Crippen molar-refractivity contribution >= 4 is 18.3 Å². The van der Waals surface area contributed by atoms with E-state index in [-0.39, 0.29) is 23.9 Å². The van der Waals surface area contributed by atoms with Crippen LogP contribution in [0.25, 0.3) is 0 Å². The fourth-order valence-electron chi connectivity index (χ4n) is 3.15. The van der Waals surface area contributed by atoms with Gasteiger partial charge in [-0.1, -0.05) is 25.7 Å². The van der Waals surface area contributed by atoms with Crippen LogP contribution in [0, 0.1) is 0 Å². The second-order valence-corrected chi connectivity index (χ2v) is 6.01. The molecule has 0 atom stereocenters. The molecular formula is C14H27ClN2O. The summed E-state index contributed by atoms with van der Waals surface area (Å²) in [5.41, 5.74) is 0.0745. The highest BCUT2D eigenvalue weighted by Gasteiger charge is 2.28. The number of hydrogen-bond donors (Lipinski definition) is 1. The number of halogens is 1. The van der Waals surface area contributed by atoms with Crippen molar-refractivity contribution < 1.29 is 4.79 Å². The lowest BCUT2D eigenvalue weighted by atomic mass is 9.83. The van der Waals surface area contributed by atoms with E-state index in [1.165, 1.54) is 38.5 Å². The number of carbonyl (C=O) groups is 1. The zero-order chi connectivity index (χ0) is 12.1. The number of hydrogen-bond acceptors (Lipinski definition) is 2. The van der Waals surface area contributed by atoms with Crippen molar-refractivity contribution in [2.45, 2.75) is 63.8 Å². The molecule has 1 saturated heterocycles. The topological polar surface area (TPSA) is 32.3 Å². The first kappa shape index (κ1) is 15.8. The first-order valence-corrected chi connectivity index (χ1v) is 7.21. The van der Waals surface area contributed by atoms with E-state index in [4.69, 9.17) is 0 Å².